The van der Waals surface area contributed by atoms with Gasteiger partial charge in [-0.15, -0.1) is 0 Å². The van der Waals surface area contributed by atoms with Gasteiger partial charge in [-0.1, -0.05) is 0 Å². The van der Waals surface area contributed by atoms with Crippen molar-refractivity contribution >= 4 is 7.85 Å². The Morgan fingerprint density at radius 2 is 2.54 bits per heavy atom. The Morgan fingerprint density at radius 3 is 3.08 bits per heavy atom. The van der Waals surface area contributed by atoms with E-state index in [1.54, 1.807) is 0 Å². The quantitative estimate of drug-likeness (QED) is 0.217. The fraction of sp³-hybridized carbons (Fsp3) is 0.600. The van der Waals surface area contributed by atoms with E-state index in [1.807, 2.05) is 0 Å². The molecule has 1 aliphatic rings. The van der Waals surface area contributed by atoms with Crippen LogP contribution in [0.4, 0.5) is 4.39 Å². The topological polar surface area (TPSA) is 87.5 Å². The molecule has 2 atom stereocenters. The molecule has 6 nitrogen and oxygen atoms in total. The lowest BCUT2D eigenvalue weighted by Gasteiger charge is -2.08. The predicted molar refractivity (Wildman–Crippen MR) is 42.7 cm³/mol. The van der Waals surface area contributed by atoms with E-state index in [4.69, 9.17) is 15.4 Å². The summed E-state index contributed by atoms with van der Waals surface area (Å²) in [6.07, 6.45) is -0.888. The summed E-state index contributed by atoms with van der Waals surface area (Å²) < 4.78 is 18.0. The van der Waals surface area contributed by atoms with Gasteiger partial charge in [-0.2, -0.15) is 0 Å². The first-order valence-corrected chi connectivity index (χ1v) is 3.58. The molecule has 0 radical (unpaired) electrons. The Kier molecular flexibility index (Phi) is 3.13. The van der Waals surface area contributed by atoms with E-state index in [0.717, 1.165) is 0 Å². The highest BCUT2D eigenvalue weighted by Crippen LogP contribution is 2.27. The van der Waals surface area contributed by atoms with E-state index in [-0.39, 0.29) is 5.76 Å². The number of ether oxygens (including phenoxy) is 1. The maximum absolute atomic E-state index is 13.1. The lowest BCUT2D eigenvalue weighted by molar-refractivity contribution is 0.0191. The molecular formula is C5H7BFN3O3. The molecule has 1 aliphatic heterocycles. The van der Waals surface area contributed by atoms with Gasteiger partial charge in [-0.05, 0) is 5.53 Å². The average Bonchev–Trinajstić information content (AvgIpc) is 2.40. The maximum atomic E-state index is 13.1. The van der Waals surface area contributed by atoms with Crippen LogP contribution in [0.3, 0.4) is 0 Å². The van der Waals surface area contributed by atoms with Gasteiger partial charge in [-0.25, -0.2) is 4.39 Å². The molecule has 13 heavy (non-hydrogen) atoms. The second-order valence-corrected chi connectivity index (χ2v) is 2.42. The first kappa shape index (κ1) is 9.85. The number of hydrogen-bond acceptors (Lipinski definition) is 4. The molecule has 0 aliphatic carbocycles. The first-order chi connectivity index (χ1) is 6.20. The molecule has 0 aromatic heterocycles. The number of rotatable bonds is 3. The van der Waals surface area contributed by atoms with Crippen molar-refractivity contribution in [2.45, 2.75) is 12.1 Å². The Hall–Kier alpha value is -1.24. The molecule has 8 heteroatoms. The molecule has 0 bridgehead atoms. The second kappa shape index (κ2) is 4.13. The fourth-order valence-electron chi connectivity index (χ4n) is 1.01. The third kappa shape index (κ3) is 1.92. The molecule has 0 aromatic rings. The number of aliphatic hydroxyl groups is 1. The summed E-state index contributed by atoms with van der Waals surface area (Å²) in [6.45, 7) is -0.423. The zero-order chi connectivity index (χ0) is 9.84. The SMILES string of the molecule is B[C@@H]1O[C@H](CO)C(ON=[N+]=[N-])=C1F. The molecule has 1 heterocycles. The van der Waals surface area contributed by atoms with Gasteiger partial charge in [0.15, 0.2) is 11.6 Å². The number of azide groups is 1. The van der Waals surface area contributed by atoms with Crippen molar-refractivity contribution in [3.05, 3.63) is 22.0 Å². The third-order valence-corrected chi connectivity index (χ3v) is 1.59. The van der Waals surface area contributed by atoms with Gasteiger partial charge in [-0.3, -0.25) is 0 Å². The highest BCUT2D eigenvalue weighted by molar-refractivity contribution is 6.13. The van der Waals surface area contributed by atoms with Crippen molar-refractivity contribution in [1.29, 1.82) is 0 Å². The van der Waals surface area contributed by atoms with Crippen LogP contribution in [-0.4, -0.2) is 31.7 Å². The molecule has 0 fully saturated rings. The molecule has 0 spiro atoms. The largest absolute Gasteiger partial charge is 0.393 e. The average molecular weight is 187 g/mol. The Labute approximate surface area is 73.9 Å². The highest BCUT2D eigenvalue weighted by Gasteiger charge is 2.33. The van der Waals surface area contributed by atoms with Crippen molar-refractivity contribution in [2.24, 2.45) is 5.28 Å². The normalized spacial score (nSPS) is 27.2. The summed E-state index contributed by atoms with van der Waals surface area (Å²) in [7, 11) is 1.46. The van der Waals surface area contributed by atoms with Crippen molar-refractivity contribution in [1.82, 2.24) is 0 Å². The summed E-state index contributed by atoms with van der Waals surface area (Å²) in [4.78, 5) is 6.66. The molecule has 0 saturated heterocycles. The van der Waals surface area contributed by atoms with Gasteiger partial charge >= 0.3 is 0 Å². The van der Waals surface area contributed by atoms with E-state index in [2.05, 4.69) is 15.0 Å². The monoisotopic (exact) mass is 187 g/mol. The molecule has 0 unspecified atom stereocenters. The summed E-state index contributed by atoms with van der Waals surface area (Å²) in [5.74, 6) is -0.917. The summed E-state index contributed by atoms with van der Waals surface area (Å²) in [6, 6.07) is -0.777. The summed E-state index contributed by atoms with van der Waals surface area (Å²) in [5.41, 5.74) is 7.92. The minimum atomic E-state index is -0.888. The third-order valence-electron chi connectivity index (χ3n) is 1.59. The van der Waals surface area contributed by atoms with Crippen molar-refractivity contribution in [3.8, 4) is 0 Å². The van der Waals surface area contributed by atoms with Crippen LogP contribution in [0.15, 0.2) is 16.9 Å². The van der Waals surface area contributed by atoms with E-state index < -0.39 is 24.5 Å². The molecule has 0 aromatic carbocycles. The van der Waals surface area contributed by atoms with Crippen molar-refractivity contribution in [3.63, 3.8) is 0 Å². The molecular weight excluding hydrogens is 180 g/mol. The molecule has 0 saturated carbocycles. The van der Waals surface area contributed by atoms with Gasteiger partial charge in [0.1, 0.15) is 19.2 Å². The van der Waals surface area contributed by atoms with Gasteiger partial charge < -0.3 is 14.7 Å². The summed E-state index contributed by atoms with van der Waals surface area (Å²) >= 11 is 0. The molecule has 1 rings (SSSR count). The van der Waals surface area contributed by atoms with Gasteiger partial charge in [0.05, 0.1) is 12.6 Å². The fourth-order valence-corrected chi connectivity index (χ4v) is 1.01. The van der Waals surface area contributed by atoms with Crippen molar-refractivity contribution in [2.75, 3.05) is 6.61 Å². The van der Waals surface area contributed by atoms with Crippen LogP contribution in [0.2, 0.25) is 0 Å². The molecule has 1 N–H and O–H groups in total. The number of halogens is 1. The number of hydrogen-bond donors (Lipinski definition) is 1. The number of aliphatic hydroxyl groups excluding tert-OH is 1. The van der Waals surface area contributed by atoms with Crippen LogP contribution in [0.25, 0.3) is 10.4 Å². The zero-order valence-corrected chi connectivity index (χ0v) is 6.85. The van der Waals surface area contributed by atoms with Gasteiger partial charge in [0.2, 0.25) is 0 Å². The van der Waals surface area contributed by atoms with Crippen LogP contribution >= 0.6 is 0 Å². The Bertz CT molecular complexity index is 278. The number of nitrogens with zero attached hydrogens (tertiary/aromatic N) is 3. The standard InChI is InChI=1S/C5H7BFN3O3/c6-5-3(7)4(13-10-9-8)2(1-11)12-5/h2,5,11H,1,6H2/t2-,5-/m1/s1. The van der Waals surface area contributed by atoms with Gasteiger partial charge in [0, 0.05) is 4.91 Å². The van der Waals surface area contributed by atoms with Gasteiger partial charge in [0.25, 0.3) is 0 Å². The first-order valence-electron chi connectivity index (χ1n) is 3.58. The highest BCUT2D eigenvalue weighted by atomic mass is 19.1. The zero-order valence-electron chi connectivity index (χ0n) is 6.85. The minimum absolute atomic E-state index is 0.257. The minimum Gasteiger partial charge on any atom is -0.393 e. The Balaban J connectivity index is 2.80. The van der Waals surface area contributed by atoms with Crippen LogP contribution in [0.1, 0.15) is 0 Å². The maximum Gasteiger partial charge on any atom is 0.178 e. The van der Waals surface area contributed by atoms with Crippen LogP contribution < -0.4 is 0 Å². The Morgan fingerprint density at radius 1 is 1.85 bits per heavy atom. The van der Waals surface area contributed by atoms with Crippen LogP contribution in [0.5, 0.6) is 0 Å². The molecule has 70 valence electrons. The lowest BCUT2D eigenvalue weighted by Crippen LogP contribution is -2.19. The molecule has 0 amide bonds. The second-order valence-electron chi connectivity index (χ2n) is 2.42. The van der Waals surface area contributed by atoms with E-state index in [1.165, 1.54) is 7.85 Å². The smallest absolute Gasteiger partial charge is 0.178 e. The lowest BCUT2D eigenvalue weighted by atomic mass is 10.00. The predicted octanol–water partition coefficient (Wildman–Crippen LogP) is -0.240. The van der Waals surface area contributed by atoms with E-state index >= 15 is 0 Å². The van der Waals surface area contributed by atoms with Crippen molar-refractivity contribution < 1.29 is 19.1 Å². The van der Waals surface area contributed by atoms with E-state index in [0.29, 0.717) is 0 Å². The van der Waals surface area contributed by atoms with Crippen LogP contribution in [-0.2, 0) is 9.57 Å². The van der Waals surface area contributed by atoms with Crippen LogP contribution in [0, 0.1) is 0 Å². The summed E-state index contributed by atoms with van der Waals surface area (Å²) in [5, 5.41) is 11.5. The van der Waals surface area contributed by atoms with E-state index in [9.17, 15) is 4.39 Å².